The summed E-state index contributed by atoms with van der Waals surface area (Å²) in [5.74, 6) is 1.27. The zero-order valence-electron chi connectivity index (χ0n) is 22.3. The van der Waals surface area contributed by atoms with Crippen molar-refractivity contribution in [2.24, 2.45) is 0 Å². The van der Waals surface area contributed by atoms with Gasteiger partial charge in [0.05, 0.1) is 39.1 Å². The summed E-state index contributed by atoms with van der Waals surface area (Å²) >= 11 is 0. The molecule has 198 valence electrons. The Hall–Kier alpha value is -3.65. The predicted molar refractivity (Wildman–Crippen MR) is 146 cm³/mol. The Labute approximate surface area is 219 Å². The molecule has 0 aliphatic carbocycles. The SMILES string of the molecule is COc1cc(CS(=O)(=O)c2ccc(C(C)(C)C)cc2)c(/C=C\c2cc(OC)c(OC)c(OC)c2)cc1O. The Kier molecular flexibility index (Phi) is 8.43. The molecule has 0 unspecified atom stereocenters. The number of ether oxygens (including phenoxy) is 4. The lowest BCUT2D eigenvalue weighted by molar-refractivity contribution is 0.324. The molecular formula is C29H34O7S. The van der Waals surface area contributed by atoms with E-state index in [9.17, 15) is 13.5 Å². The number of benzene rings is 3. The molecule has 0 bridgehead atoms. The topological polar surface area (TPSA) is 91.3 Å². The molecular weight excluding hydrogens is 492 g/mol. The van der Waals surface area contributed by atoms with E-state index in [1.165, 1.54) is 34.5 Å². The number of phenols is 1. The summed E-state index contributed by atoms with van der Waals surface area (Å²) in [6.45, 7) is 6.23. The summed E-state index contributed by atoms with van der Waals surface area (Å²) in [4.78, 5) is 0.229. The van der Waals surface area contributed by atoms with E-state index >= 15 is 0 Å². The number of hydrogen-bond donors (Lipinski definition) is 1. The Morgan fingerprint density at radius 2 is 1.35 bits per heavy atom. The van der Waals surface area contributed by atoms with Crippen molar-refractivity contribution in [1.82, 2.24) is 0 Å². The van der Waals surface area contributed by atoms with Crippen LogP contribution in [0, 0.1) is 0 Å². The maximum Gasteiger partial charge on any atom is 0.203 e. The normalized spacial score (nSPS) is 12.0. The first-order chi connectivity index (χ1) is 17.4. The summed E-state index contributed by atoms with van der Waals surface area (Å²) < 4.78 is 48.1. The summed E-state index contributed by atoms with van der Waals surface area (Å²) in [7, 11) is 2.33. The highest BCUT2D eigenvalue weighted by Crippen LogP contribution is 2.39. The molecule has 8 heteroatoms. The highest BCUT2D eigenvalue weighted by molar-refractivity contribution is 7.90. The van der Waals surface area contributed by atoms with Crippen LogP contribution in [0.4, 0.5) is 0 Å². The zero-order chi connectivity index (χ0) is 27.4. The fourth-order valence-corrected chi connectivity index (χ4v) is 5.28. The number of phenolic OH excluding ortho intramolecular Hbond substituents is 1. The lowest BCUT2D eigenvalue weighted by Gasteiger charge is -2.19. The average molecular weight is 527 g/mol. The summed E-state index contributed by atoms with van der Waals surface area (Å²) in [6.07, 6.45) is 3.51. The fraction of sp³-hybridized carbons (Fsp3) is 0.310. The van der Waals surface area contributed by atoms with Crippen LogP contribution in [-0.2, 0) is 21.0 Å². The van der Waals surface area contributed by atoms with Crippen LogP contribution in [0.2, 0.25) is 0 Å². The Morgan fingerprint density at radius 3 is 1.84 bits per heavy atom. The maximum absolute atomic E-state index is 13.3. The largest absolute Gasteiger partial charge is 0.504 e. The molecule has 3 rings (SSSR count). The van der Waals surface area contributed by atoms with Crippen molar-refractivity contribution < 1.29 is 32.5 Å². The second-order valence-corrected chi connectivity index (χ2v) is 11.5. The molecule has 0 spiro atoms. The molecule has 0 aromatic heterocycles. The van der Waals surface area contributed by atoms with Crippen molar-refractivity contribution in [2.75, 3.05) is 28.4 Å². The first kappa shape index (κ1) is 27.9. The first-order valence-corrected chi connectivity index (χ1v) is 13.3. The lowest BCUT2D eigenvalue weighted by atomic mass is 9.87. The van der Waals surface area contributed by atoms with Crippen molar-refractivity contribution in [3.05, 3.63) is 70.8 Å². The molecule has 0 saturated heterocycles. The molecule has 3 aromatic rings. The van der Waals surface area contributed by atoms with Crippen LogP contribution in [0.5, 0.6) is 28.7 Å². The maximum atomic E-state index is 13.3. The molecule has 0 amide bonds. The summed E-state index contributed by atoms with van der Waals surface area (Å²) in [6, 6.07) is 13.5. The second-order valence-electron chi connectivity index (χ2n) is 9.55. The van der Waals surface area contributed by atoms with Crippen molar-refractivity contribution in [3.63, 3.8) is 0 Å². The van der Waals surface area contributed by atoms with Gasteiger partial charge in [-0.25, -0.2) is 8.42 Å². The Morgan fingerprint density at radius 1 is 0.784 bits per heavy atom. The van der Waals surface area contributed by atoms with Crippen LogP contribution in [0.25, 0.3) is 12.2 Å². The number of hydrogen-bond acceptors (Lipinski definition) is 7. The molecule has 0 radical (unpaired) electrons. The van der Waals surface area contributed by atoms with Crippen molar-refractivity contribution in [3.8, 4) is 28.7 Å². The number of sulfone groups is 1. The van der Waals surface area contributed by atoms with Crippen molar-refractivity contribution >= 4 is 22.0 Å². The molecule has 7 nitrogen and oxygen atoms in total. The molecule has 37 heavy (non-hydrogen) atoms. The van der Waals surface area contributed by atoms with E-state index < -0.39 is 9.84 Å². The highest BCUT2D eigenvalue weighted by atomic mass is 32.2. The first-order valence-electron chi connectivity index (χ1n) is 11.6. The monoisotopic (exact) mass is 526 g/mol. The van der Waals surface area contributed by atoms with E-state index in [0.29, 0.717) is 28.4 Å². The van der Waals surface area contributed by atoms with Gasteiger partial charge in [0.25, 0.3) is 0 Å². The third-order valence-corrected chi connectivity index (χ3v) is 7.69. The molecule has 0 fully saturated rings. The van der Waals surface area contributed by atoms with Crippen molar-refractivity contribution in [1.29, 1.82) is 0 Å². The molecule has 0 atom stereocenters. The van der Waals surface area contributed by atoms with E-state index in [-0.39, 0.29) is 27.6 Å². The van der Waals surface area contributed by atoms with Gasteiger partial charge in [-0.05, 0) is 64.1 Å². The molecule has 0 heterocycles. The zero-order valence-corrected chi connectivity index (χ0v) is 23.1. The van der Waals surface area contributed by atoms with Crippen LogP contribution in [0.3, 0.4) is 0 Å². The minimum Gasteiger partial charge on any atom is -0.504 e. The molecule has 1 N–H and O–H groups in total. The lowest BCUT2D eigenvalue weighted by Crippen LogP contribution is -2.12. The molecule has 0 aliphatic rings. The minimum absolute atomic E-state index is 0.0859. The molecule has 3 aromatic carbocycles. The van der Waals surface area contributed by atoms with Gasteiger partial charge >= 0.3 is 0 Å². The number of aromatic hydroxyl groups is 1. The van der Waals surface area contributed by atoms with Crippen LogP contribution in [0.1, 0.15) is 43.0 Å². The summed E-state index contributed by atoms with van der Waals surface area (Å²) in [5.41, 5.74) is 2.71. The van der Waals surface area contributed by atoms with Gasteiger partial charge in [0, 0.05) is 0 Å². The van der Waals surface area contributed by atoms with Crippen LogP contribution < -0.4 is 18.9 Å². The van der Waals surface area contributed by atoms with Gasteiger partial charge in [0.2, 0.25) is 5.75 Å². The second kappa shape index (κ2) is 11.2. The van der Waals surface area contributed by atoms with E-state index in [4.69, 9.17) is 18.9 Å². The van der Waals surface area contributed by atoms with Gasteiger partial charge in [0.15, 0.2) is 32.8 Å². The fourth-order valence-electron chi connectivity index (χ4n) is 3.90. The quantitative estimate of drug-likeness (QED) is 0.349. The van der Waals surface area contributed by atoms with Gasteiger partial charge in [0.1, 0.15) is 0 Å². The van der Waals surface area contributed by atoms with Gasteiger partial charge in [-0.2, -0.15) is 0 Å². The van der Waals surface area contributed by atoms with Gasteiger partial charge in [-0.3, -0.25) is 0 Å². The number of rotatable bonds is 9. The van der Waals surface area contributed by atoms with E-state index in [0.717, 1.165) is 11.1 Å². The molecule has 0 aliphatic heterocycles. The third-order valence-electron chi connectivity index (χ3n) is 6.01. The van der Waals surface area contributed by atoms with Crippen LogP contribution in [0.15, 0.2) is 53.4 Å². The van der Waals surface area contributed by atoms with E-state index in [1.54, 1.807) is 42.5 Å². The van der Waals surface area contributed by atoms with Crippen LogP contribution >= 0.6 is 0 Å². The standard InChI is InChI=1S/C29H34O7S/c1-29(2,3)22-10-12-23(13-11-22)37(31,32)18-21-17-25(33-4)24(30)16-20(21)9-8-19-14-26(34-5)28(36-7)27(15-19)35-6/h8-17,30H,18H2,1-7H3/b9-8-. The Balaban J connectivity index is 2.02. The summed E-state index contributed by atoms with van der Waals surface area (Å²) in [5, 5.41) is 10.4. The predicted octanol–water partition coefficient (Wildman–Crippen LogP) is 5.87. The number of methoxy groups -OCH3 is 4. The van der Waals surface area contributed by atoms with Gasteiger partial charge in [-0.1, -0.05) is 45.1 Å². The van der Waals surface area contributed by atoms with Gasteiger partial charge in [-0.15, -0.1) is 0 Å². The minimum atomic E-state index is -3.68. The average Bonchev–Trinajstić information content (AvgIpc) is 2.87. The van der Waals surface area contributed by atoms with Crippen LogP contribution in [-0.4, -0.2) is 42.0 Å². The third kappa shape index (κ3) is 6.38. The highest BCUT2D eigenvalue weighted by Gasteiger charge is 2.21. The smallest absolute Gasteiger partial charge is 0.203 e. The van der Waals surface area contributed by atoms with Gasteiger partial charge < -0.3 is 24.1 Å². The van der Waals surface area contributed by atoms with E-state index in [1.807, 2.05) is 12.1 Å². The molecule has 0 saturated carbocycles. The van der Waals surface area contributed by atoms with E-state index in [2.05, 4.69) is 20.8 Å². The Bertz CT molecular complexity index is 1360. The van der Waals surface area contributed by atoms with Crippen molar-refractivity contribution in [2.45, 2.75) is 36.8 Å².